The monoisotopic (exact) mass is 346 g/mol. The van der Waals surface area contributed by atoms with Crippen LogP contribution in [-0.2, 0) is 16.1 Å². The van der Waals surface area contributed by atoms with E-state index in [0.29, 0.717) is 5.69 Å². The van der Waals surface area contributed by atoms with Gasteiger partial charge in [-0.25, -0.2) is 4.90 Å². The fourth-order valence-electron chi connectivity index (χ4n) is 3.89. The predicted octanol–water partition coefficient (Wildman–Crippen LogP) is 4.41. The molecule has 0 aliphatic carbocycles. The average Bonchev–Trinajstić information content (AvgIpc) is 3.13. The second-order valence-electron chi connectivity index (χ2n) is 6.96. The van der Waals surface area contributed by atoms with E-state index in [1.54, 1.807) is 0 Å². The Balaban J connectivity index is 1.77. The van der Waals surface area contributed by atoms with Gasteiger partial charge >= 0.3 is 0 Å². The molecule has 0 saturated carbocycles. The molecular formula is C22H22N2O2. The van der Waals surface area contributed by atoms with Gasteiger partial charge in [0.05, 0.1) is 11.6 Å². The van der Waals surface area contributed by atoms with E-state index < -0.39 is 5.92 Å². The zero-order valence-electron chi connectivity index (χ0n) is 15.1. The lowest BCUT2D eigenvalue weighted by atomic mass is 9.97. The second-order valence-corrected chi connectivity index (χ2v) is 6.96. The molecule has 0 N–H and O–H groups in total. The summed E-state index contributed by atoms with van der Waals surface area (Å²) in [5.41, 5.74) is 3.78. The molecule has 0 bridgehead atoms. The van der Waals surface area contributed by atoms with E-state index >= 15 is 0 Å². The van der Waals surface area contributed by atoms with Crippen LogP contribution >= 0.6 is 0 Å². The number of rotatable bonds is 4. The Morgan fingerprint density at radius 1 is 1.08 bits per heavy atom. The van der Waals surface area contributed by atoms with Crippen molar-refractivity contribution in [1.82, 2.24) is 4.57 Å². The minimum absolute atomic E-state index is 0.125. The van der Waals surface area contributed by atoms with Gasteiger partial charge in [0.1, 0.15) is 0 Å². The van der Waals surface area contributed by atoms with Gasteiger partial charge in [-0.05, 0) is 42.7 Å². The van der Waals surface area contributed by atoms with Crippen LogP contribution < -0.4 is 4.90 Å². The first kappa shape index (κ1) is 16.6. The number of aromatic nitrogens is 1. The van der Waals surface area contributed by atoms with Gasteiger partial charge in [-0.2, -0.15) is 0 Å². The largest absolute Gasteiger partial charge is 0.347 e. The first-order valence-electron chi connectivity index (χ1n) is 9.11. The molecular weight excluding hydrogens is 324 g/mol. The summed E-state index contributed by atoms with van der Waals surface area (Å²) in [7, 11) is 0. The summed E-state index contributed by atoms with van der Waals surface area (Å²) in [4.78, 5) is 27.1. The van der Waals surface area contributed by atoms with Gasteiger partial charge in [-0.3, -0.25) is 9.59 Å². The molecule has 0 spiro atoms. The van der Waals surface area contributed by atoms with Crippen molar-refractivity contribution in [2.45, 2.75) is 39.2 Å². The molecule has 132 valence electrons. The lowest BCUT2D eigenvalue weighted by Crippen LogP contribution is -2.30. The van der Waals surface area contributed by atoms with Crippen LogP contribution in [0.4, 0.5) is 5.69 Å². The summed E-state index contributed by atoms with van der Waals surface area (Å²) in [6.45, 7) is 5.00. The Kier molecular flexibility index (Phi) is 4.11. The molecule has 4 nitrogen and oxygen atoms in total. The van der Waals surface area contributed by atoms with Crippen molar-refractivity contribution < 1.29 is 9.59 Å². The number of benzene rings is 2. The van der Waals surface area contributed by atoms with Gasteiger partial charge in [0, 0.05) is 30.1 Å². The van der Waals surface area contributed by atoms with Crippen LogP contribution in [0.3, 0.4) is 0 Å². The molecule has 4 rings (SSSR count). The maximum atomic E-state index is 13.1. The Morgan fingerprint density at radius 3 is 2.65 bits per heavy atom. The van der Waals surface area contributed by atoms with Gasteiger partial charge in [0.2, 0.25) is 11.8 Å². The Hall–Kier alpha value is -2.88. The van der Waals surface area contributed by atoms with Gasteiger partial charge in [-0.1, -0.05) is 37.3 Å². The van der Waals surface area contributed by atoms with Crippen LogP contribution in [-0.4, -0.2) is 16.4 Å². The van der Waals surface area contributed by atoms with Crippen LogP contribution in [0, 0.1) is 6.92 Å². The summed E-state index contributed by atoms with van der Waals surface area (Å²) < 4.78 is 2.19. The Morgan fingerprint density at radius 2 is 1.88 bits per heavy atom. The van der Waals surface area contributed by atoms with Crippen LogP contribution in [0.25, 0.3) is 10.9 Å². The number of amides is 2. The molecule has 0 radical (unpaired) electrons. The fraction of sp³-hybridized carbons (Fsp3) is 0.273. The summed E-state index contributed by atoms with van der Waals surface area (Å²) in [6, 6.07) is 15.7. The van der Waals surface area contributed by atoms with E-state index in [2.05, 4.69) is 23.8 Å². The molecule has 2 aromatic carbocycles. The van der Waals surface area contributed by atoms with Crippen LogP contribution in [0.5, 0.6) is 0 Å². The molecule has 4 heteroatoms. The molecule has 2 heterocycles. The third-order valence-corrected chi connectivity index (χ3v) is 5.07. The number of nitrogens with zero attached hydrogens (tertiary/aromatic N) is 2. The zero-order chi connectivity index (χ0) is 18.3. The first-order valence-corrected chi connectivity index (χ1v) is 9.11. The normalized spacial score (nSPS) is 17.5. The number of carbonyl (C=O) groups excluding carboxylic acids is 2. The van der Waals surface area contributed by atoms with Crippen LogP contribution in [0.15, 0.2) is 54.7 Å². The molecule has 0 unspecified atom stereocenters. The van der Waals surface area contributed by atoms with Crippen molar-refractivity contribution in [3.63, 3.8) is 0 Å². The van der Waals surface area contributed by atoms with Crippen molar-refractivity contribution in [3.8, 4) is 0 Å². The molecule has 1 aromatic heterocycles. The number of hydrogen-bond acceptors (Lipinski definition) is 2. The van der Waals surface area contributed by atoms with Crippen LogP contribution in [0.2, 0.25) is 0 Å². The number of hydrogen-bond donors (Lipinski definition) is 0. The highest BCUT2D eigenvalue weighted by atomic mass is 16.2. The highest BCUT2D eigenvalue weighted by Gasteiger charge is 2.41. The molecule has 1 aliphatic heterocycles. The van der Waals surface area contributed by atoms with E-state index in [1.807, 2.05) is 49.4 Å². The van der Waals surface area contributed by atoms with E-state index in [4.69, 9.17) is 0 Å². The SMILES string of the molecule is CCCn1cc([C@@H]2CC(=O)N(c3cccc(C)c3)C2=O)c2ccccc21. The maximum Gasteiger partial charge on any atom is 0.241 e. The van der Waals surface area contributed by atoms with Crippen molar-refractivity contribution in [2.75, 3.05) is 4.90 Å². The summed E-state index contributed by atoms with van der Waals surface area (Å²) in [5.74, 6) is -0.663. The minimum Gasteiger partial charge on any atom is -0.347 e. The van der Waals surface area contributed by atoms with E-state index in [-0.39, 0.29) is 18.2 Å². The van der Waals surface area contributed by atoms with E-state index in [0.717, 1.165) is 35.0 Å². The Labute approximate surface area is 153 Å². The standard InChI is InChI=1S/C22H22N2O2/c1-3-11-23-14-19(17-9-4-5-10-20(17)23)18-13-21(25)24(22(18)26)16-8-6-7-15(2)12-16/h4-10,12,14,18H,3,11,13H2,1-2H3/t18-/m0/s1. The van der Waals surface area contributed by atoms with E-state index in [1.165, 1.54) is 4.90 Å². The highest BCUT2D eigenvalue weighted by molar-refractivity contribution is 6.23. The fourth-order valence-corrected chi connectivity index (χ4v) is 3.89. The molecule has 26 heavy (non-hydrogen) atoms. The number of anilines is 1. The highest BCUT2D eigenvalue weighted by Crippen LogP contribution is 2.37. The number of para-hydroxylation sites is 1. The number of carbonyl (C=O) groups is 2. The summed E-state index contributed by atoms with van der Waals surface area (Å²) in [6.07, 6.45) is 3.31. The lowest BCUT2D eigenvalue weighted by molar-refractivity contribution is -0.121. The third kappa shape index (κ3) is 2.62. The molecule has 1 saturated heterocycles. The molecule has 3 aromatic rings. The first-order chi connectivity index (χ1) is 12.6. The molecule has 1 atom stereocenters. The smallest absolute Gasteiger partial charge is 0.241 e. The topological polar surface area (TPSA) is 42.3 Å². The molecule has 2 amide bonds. The molecule has 1 aliphatic rings. The molecule has 1 fully saturated rings. The summed E-state index contributed by atoms with van der Waals surface area (Å²) in [5, 5.41) is 1.07. The number of fused-ring (bicyclic) bond motifs is 1. The van der Waals surface area contributed by atoms with Crippen molar-refractivity contribution in [3.05, 3.63) is 65.9 Å². The third-order valence-electron chi connectivity index (χ3n) is 5.07. The maximum absolute atomic E-state index is 13.1. The van der Waals surface area contributed by atoms with Crippen molar-refractivity contribution >= 4 is 28.4 Å². The number of imide groups is 1. The van der Waals surface area contributed by atoms with Gasteiger partial charge < -0.3 is 4.57 Å². The Bertz CT molecular complexity index is 1000. The summed E-state index contributed by atoms with van der Waals surface area (Å²) >= 11 is 0. The van der Waals surface area contributed by atoms with Gasteiger partial charge in [-0.15, -0.1) is 0 Å². The predicted molar refractivity (Wildman–Crippen MR) is 103 cm³/mol. The van der Waals surface area contributed by atoms with Crippen LogP contribution in [0.1, 0.15) is 36.8 Å². The minimum atomic E-state index is -0.411. The van der Waals surface area contributed by atoms with Gasteiger partial charge in [0.25, 0.3) is 0 Å². The average molecular weight is 346 g/mol. The van der Waals surface area contributed by atoms with Gasteiger partial charge in [0.15, 0.2) is 0 Å². The number of aryl methyl sites for hydroxylation is 2. The van der Waals surface area contributed by atoms with Crippen molar-refractivity contribution in [1.29, 1.82) is 0 Å². The van der Waals surface area contributed by atoms with Crippen molar-refractivity contribution in [2.24, 2.45) is 0 Å². The quantitative estimate of drug-likeness (QED) is 0.657. The van der Waals surface area contributed by atoms with E-state index in [9.17, 15) is 9.59 Å². The lowest BCUT2D eigenvalue weighted by Gasteiger charge is -2.15. The zero-order valence-corrected chi connectivity index (χ0v) is 15.1. The second kappa shape index (κ2) is 6.45.